The third-order valence-corrected chi connectivity index (χ3v) is 9.25. The Labute approximate surface area is 243 Å². The molecule has 7 rings (SSSR count). The first-order valence-electron chi connectivity index (χ1n) is 13.7. The van der Waals surface area contributed by atoms with Gasteiger partial charge in [0.25, 0.3) is 10.1 Å². The number of hydrogen-bond acceptors (Lipinski definition) is 10. The molecule has 2 atom stereocenters. The minimum absolute atomic E-state index is 0.0272. The molecule has 0 saturated carbocycles. The normalized spacial score (nSPS) is 20.3. The minimum Gasteiger partial charge on any atom is -0.457 e. The minimum atomic E-state index is -3.86. The lowest BCUT2D eigenvalue weighted by Gasteiger charge is -2.27. The Morgan fingerprint density at radius 3 is 1.83 bits per heavy atom. The third kappa shape index (κ3) is 5.34. The van der Waals surface area contributed by atoms with Gasteiger partial charge in [0.2, 0.25) is 0 Å². The number of esters is 2. The number of cyclic esters (lactones) is 2. The maximum absolute atomic E-state index is 12.4. The number of ether oxygens (including phenoxy) is 4. The number of carbonyl (C=O) groups excluding carboxylic acids is 2. The van der Waals surface area contributed by atoms with Crippen LogP contribution >= 0.6 is 0 Å². The van der Waals surface area contributed by atoms with Gasteiger partial charge >= 0.3 is 11.9 Å². The molecule has 42 heavy (non-hydrogen) atoms. The van der Waals surface area contributed by atoms with Crippen molar-refractivity contribution in [2.45, 2.75) is 50.1 Å². The molecule has 0 radical (unpaired) electrons. The van der Waals surface area contributed by atoms with E-state index in [0.29, 0.717) is 37.4 Å². The highest BCUT2D eigenvalue weighted by Crippen LogP contribution is 2.36. The Bertz CT molecular complexity index is 1650. The molecule has 2 unspecified atom stereocenters. The van der Waals surface area contributed by atoms with Gasteiger partial charge in [-0.15, -0.1) is 0 Å². The van der Waals surface area contributed by atoms with Crippen LogP contribution in [0.1, 0.15) is 71.9 Å². The standard InChI is InChI=1S/C19H18O6S.C12H12O4/c1-12-2-4-13(5-3-12)26(21,22)25-11-18-15-6-7-16-17(10-24-19(16)20)14(15)8-9-23-18;13-5-11-8-1-2-9-10(6-16-12(9)14)7(8)3-4-15-11/h2-7,18H,8-11H2,1H3;1-2,11,13H,3-6H2. The highest BCUT2D eigenvalue weighted by molar-refractivity contribution is 7.86. The maximum Gasteiger partial charge on any atom is 0.338 e. The molecule has 4 aliphatic heterocycles. The second-order valence-electron chi connectivity index (χ2n) is 10.4. The summed E-state index contributed by atoms with van der Waals surface area (Å²) in [7, 11) is -3.86. The van der Waals surface area contributed by atoms with Gasteiger partial charge in [-0.3, -0.25) is 4.18 Å². The molecule has 3 aromatic carbocycles. The number of hydrogen-bond donors (Lipinski definition) is 1. The van der Waals surface area contributed by atoms with Gasteiger partial charge in [-0.2, -0.15) is 8.42 Å². The predicted octanol–water partition coefficient (Wildman–Crippen LogP) is 3.65. The lowest BCUT2D eigenvalue weighted by Crippen LogP contribution is -2.23. The van der Waals surface area contributed by atoms with Crippen molar-refractivity contribution >= 4 is 22.1 Å². The fourth-order valence-electron chi connectivity index (χ4n) is 5.76. The Kier molecular flexibility index (Phi) is 7.86. The van der Waals surface area contributed by atoms with Crippen molar-refractivity contribution in [3.05, 3.63) is 98.6 Å². The quantitative estimate of drug-likeness (QED) is 0.345. The molecule has 10 nitrogen and oxygen atoms in total. The van der Waals surface area contributed by atoms with Crippen molar-refractivity contribution in [1.29, 1.82) is 0 Å². The molecule has 0 spiro atoms. The van der Waals surface area contributed by atoms with Crippen LogP contribution in [0.4, 0.5) is 0 Å². The first-order chi connectivity index (χ1) is 20.3. The molecule has 0 aromatic heterocycles. The number of aryl methyl sites for hydroxylation is 1. The molecular weight excluding hydrogens is 564 g/mol. The Balaban J connectivity index is 0.000000168. The van der Waals surface area contributed by atoms with Crippen molar-refractivity contribution in [3.63, 3.8) is 0 Å². The van der Waals surface area contributed by atoms with Gasteiger partial charge in [0.15, 0.2) is 0 Å². The molecule has 4 aliphatic rings. The van der Waals surface area contributed by atoms with Crippen LogP contribution in [0.3, 0.4) is 0 Å². The van der Waals surface area contributed by atoms with Crippen LogP contribution in [0.25, 0.3) is 0 Å². The van der Waals surface area contributed by atoms with E-state index in [9.17, 15) is 23.1 Å². The molecular formula is C31H30O10S. The van der Waals surface area contributed by atoms with E-state index in [0.717, 1.165) is 45.4 Å². The highest BCUT2D eigenvalue weighted by Gasteiger charge is 2.32. The summed E-state index contributed by atoms with van der Waals surface area (Å²) in [6.45, 7) is 3.38. The Morgan fingerprint density at radius 2 is 1.29 bits per heavy atom. The van der Waals surface area contributed by atoms with Crippen molar-refractivity contribution in [3.8, 4) is 0 Å². The summed E-state index contributed by atoms with van der Waals surface area (Å²) in [6, 6.07) is 13.6. The van der Waals surface area contributed by atoms with Gasteiger partial charge in [-0.1, -0.05) is 29.8 Å². The van der Waals surface area contributed by atoms with E-state index in [4.69, 9.17) is 23.1 Å². The first kappa shape index (κ1) is 28.5. The smallest absolute Gasteiger partial charge is 0.338 e. The van der Waals surface area contributed by atoms with Gasteiger partial charge in [0, 0.05) is 11.1 Å². The van der Waals surface area contributed by atoms with E-state index < -0.39 is 16.2 Å². The fraction of sp³-hybridized carbons (Fsp3) is 0.355. The number of aliphatic hydroxyl groups excluding tert-OH is 1. The average molecular weight is 595 g/mol. The topological polar surface area (TPSA) is 135 Å². The van der Waals surface area contributed by atoms with Gasteiger partial charge in [-0.05, 0) is 66.3 Å². The van der Waals surface area contributed by atoms with Crippen LogP contribution in [0.5, 0.6) is 0 Å². The maximum atomic E-state index is 12.4. The number of fused-ring (bicyclic) bond motifs is 6. The van der Waals surface area contributed by atoms with Gasteiger partial charge in [0.05, 0.1) is 42.4 Å². The molecule has 4 heterocycles. The van der Waals surface area contributed by atoms with Crippen LogP contribution in [0.15, 0.2) is 53.4 Å². The highest BCUT2D eigenvalue weighted by atomic mass is 32.2. The van der Waals surface area contributed by atoms with E-state index >= 15 is 0 Å². The van der Waals surface area contributed by atoms with Gasteiger partial charge in [0.1, 0.15) is 25.4 Å². The monoisotopic (exact) mass is 594 g/mol. The lowest BCUT2D eigenvalue weighted by molar-refractivity contribution is 0.00284. The number of rotatable bonds is 5. The first-order valence-corrected chi connectivity index (χ1v) is 15.1. The second kappa shape index (κ2) is 11.6. The molecule has 0 aliphatic carbocycles. The summed E-state index contributed by atoms with van der Waals surface area (Å²) >= 11 is 0. The summed E-state index contributed by atoms with van der Waals surface area (Å²) in [5, 5.41) is 9.22. The average Bonchev–Trinajstić information content (AvgIpc) is 3.58. The molecule has 0 saturated heterocycles. The van der Waals surface area contributed by atoms with E-state index in [2.05, 4.69) is 0 Å². The van der Waals surface area contributed by atoms with Crippen molar-refractivity contribution < 1.29 is 46.2 Å². The van der Waals surface area contributed by atoms with Crippen LogP contribution < -0.4 is 0 Å². The van der Waals surface area contributed by atoms with E-state index in [1.54, 1.807) is 30.3 Å². The summed E-state index contributed by atoms with van der Waals surface area (Å²) in [6.07, 6.45) is 0.687. The zero-order valence-electron chi connectivity index (χ0n) is 23.0. The Morgan fingerprint density at radius 1 is 0.762 bits per heavy atom. The fourth-order valence-corrected chi connectivity index (χ4v) is 6.67. The molecule has 0 amide bonds. The molecule has 3 aromatic rings. The summed E-state index contributed by atoms with van der Waals surface area (Å²) in [5.74, 6) is -0.561. The summed E-state index contributed by atoms with van der Waals surface area (Å²) in [4.78, 5) is 23.2. The Hall–Kier alpha value is -3.61. The number of carbonyl (C=O) groups is 2. The molecule has 0 fully saturated rings. The van der Waals surface area contributed by atoms with Crippen LogP contribution in [0.2, 0.25) is 0 Å². The molecule has 11 heteroatoms. The van der Waals surface area contributed by atoms with E-state index in [1.807, 2.05) is 13.0 Å². The zero-order valence-corrected chi connectivity index (χ0v) is 23.8. The third-order valence-electron chi connectivity index (χ3n) is 7.96. The van der Waals surface area contributed by atoms with Crippen LogP contribution in [-0.2, 0) is 59.3 Å². The number of aliphatic hydroxyl groups is 1. The molecule has 0 bridgehead atoms. The van der Waals surface area contributed by atoms with E-state index in [1.165, 1.54) is 12.1 Å². The summed E-state index contributed by atoms with van der Waals surface area (Å²) in [5.41, 5.74) is 8.04. The van der Waals surface area contributed by atoms with Crippen molar-refractivity contribution in [2.24, 2.45) is 0 Å². The van der Waals surface area contributed by atoms with Crippen molar-refractivity contribution in [2.75, 3.05) is 26.4 Å². The van der Waals surface area contributed by atoms with Gasteiger partial charge < -0.3 is 24.1 Å². The zero-order chi connectivity index (χ0) is 29.4. The second-order valence-corrected chi connectivity index (χ2v) is 12.0. The van der Waals surface area contributed by atoms with Gasteiger partial charge in [-0.25, -0.2) is 9.59 Å². The predicted molar refractivity (Wildman–Crippen MR) is 147 cm³/mol. The molecule has 220 valence electrons. The number of benzene rings is 3. The SMILES string of the molecule is Cc1ccc(S(=O)(=O)OCC2OCCc3c2ccc2c3COC2=O)cc1.O=C1OCc2c1ccc1c2CCOC1CO. The van der Waals surface area contributed by atoms with Crippen molar-refractivity contribution in [1.82, 2.24) is 0 Å². The lowest BCUT2D eigenvalue weighted by atomic mass is 9.91. The largest absolute Gasteiger partial charge is 0.457 e. The molecule has 1 N–H and O–H groups in total. The summed E-state index contributed by atoms with van der Waals surface area (Å²) < 4.78 is 51.3. The van der Waals surface area contributed by atoms with Crippen LogP contribution in [0, 0.1) is 6.92 Å². The van der Waals surface area contributed by atoms with Crippen LogP contribution in [-0.4, -0.2) is 51.9 Å². The van der Waals surface area contributed by atoms with E-state index in [-0.39, 0.29) is 42.8 Å².